The van der Waals surface area contributed by atoms with E-state index in [9.17, 15) is 9.59 Å². The Morgan fingerprint density at radius 3 is 2.94 bits per heavy atom. The highest BCUT2D eigenvalue weighted by molar-refractivity contribution is 5.91. The number of esters is 1. The van der Waals surface area contributed by atoms with Gasteiger partial charge in [0.15, 0.2) is 5.78 Å². The average molecular weight is 256 g/mol. The molecule has 1 heterocycles. The van der Waals surface area contributed by atoms with Crippen LogP contribution in [0, 0.1) is 0 Å². The minimum Gasteiger partial charge on any atom is -0.460 e. The number of ether oxygens (including phenoxy) is 2. The average Bonchev–Trinajstić information content (AvgIpc) is 2.36. The molecule has 2 atom stereocenters. The van der Waals surface area contributed by atoms with Gasteiger partial charge in [-0.05, 0) is 6.92 Å². The van der Waals surface area contributed by atoms with Crippen LogP contribution in [0.15, 0.2) is 12.7 Å². The predicted molar refractivity (Wildman–Crippen MR) is 66.0 cm³/mol. The summed E-state index contributed by atoms with van der Waals surface area (Å²) < 4.78 is 10.2. The van der Waals surface area contributed by atoms with Gasteiger partial charge in [0.25, 0.3) is 0 Å². The monoisotopic (exact) mass is 256 g/mol. The normalized spacial score (nSPS) is 22.9. The van der Waals surface area contributed by atoms with Crippen LogP contribution in [0.5, 0.6) is 0 Å². The maximum atomic E-state index is 11.9. The molecule has 0 aromatic heterocycles. The second kappa shape index (κ2) is 6.63. The van der Waals surface area contributed by atoms with E-state index in [1.165, 1.54) is 13.0 Å². The zero-order chi connectivity index (χ0) is 13.6. The fourth-order valence-corrected chi connectivity index (χ4v) is 1.62. The summed E-state index contributed by atoms with van der Waals surface area (Å²) in [5.74, 6) is -0.803. The molecule has 1 aliphatic rings. The van der Waals surface area contributed by atoms with Crippen LogP contribution in [0.4, 0.5) is 0 Å². The van der Waals surface area contributed by atoms with Gasteiger partial charge in [0.05, 0.1) is 6.61 Å². The molecule has 3 N–H and O–H groups in total. The van der Waals surface area contributed by atoms with Crippen LogP contribution in [0.1, 0.15) is 13.3 Å². The number of Topliss-reactive ketones (excluding diaryl/α,β-unsaturated/α-hetero) is 1. The highest BCUT2D eigenvalue weighted by atomic mass is 16.5. The van der Waals surface area contributed by atoms with E-state index in [0.29, 0.717) is 13.2 Å². The predicted octanol–water partition coefficient (Wildman–Crippen LogP) is -0.619. The van der Waals surface area contributed by atoms with Crippen LogP contribution in [0.25, 0.3) is 0 Å². The summed E-state index contributed by atoms with van der Waals surface area (Å²) in [5.41, 5.74) is 4.47. The van der Waals surface area contributed by atoms with Crippen molar-refractivity contribution in [3.63, 3.8) is 0 Å². The van der Waals surface area contributed by atoms with Gasteiger partial charge in [-0.3, -0.25) is 9.59 Å². The van der Waals surface area contributed by atoms with Crippen molar-refractivity contribution in [2.45, 2.75) is 25.0 Å². The number of rotatable bonds is 6. The SMILES string of the molecule is C=CCOC(=O)C(C)(N)CC(=O)C1CNCCO1. The van der Waals surface area contributed by atoms with Gasteiger partial charge in [-0.25, -0.2) is 0 Å². The van der Waals surface area contributed by atoms with E-state index in [2.05, 4.69) is 11.9 Å². The number of hydrogen-bond donors (Lipinski definition) is 2. The van der Waals surface area contributed by atoms with Gasteiger partial charge < -0.3 is 20.5 Å². The van der Waals surface area contributed by atoms with E-state index in [-0.39, 0.29) is 18.8 Å². The van der Waals surface area contributed by atoms with Crippen molar-refractivity contribution in [3.8, 4) is 0 Å². The fraction of sp³-hybridized carbons (Fsp3) is 0.667. The van der Waals surface area contributed by atoms with Crippen molar-refractivity contribution < 1.29 is 19.1 Å². The summed E-state index contributed by atoms with van der Waals surface area (Å²) in [6.07, 6.45) is 0.813. The molecule has 0 aromatic carbocycles. The molecule has 0 saturated carbocycles. The largest absolute Gasteiger partial charge is 0.460 e. The molecule has 0 amide bonds. The number of morpholine rings is 1. The lowest BCUT2D eigenvalue weighted by atomic mass is 9.94. The van der Waals surface area contributed by atoms with E-state index in [0.717, 1.165) is 6.54 Å². The molecule has 1 aliphatic heterocycles. The smallest absolute Gasteiger partial charge is 0.326 e. The maximum Gasteiger partial charge on any atom is 0.326 e. The summed E-state index contributed by atoms with van der Waals surface area (Å²) in [5, 5.41) is 3.05. The molecule has 0 bridgehead atoms. The molecule has 0 aromatic rings. The van der Waals surface area contributed by atoms with Gasteiger partial charge in [-0.15, -0.1) is 0 Å². The van der Waals surface area contributed by atoms with E-state index in [1.54, 1.807) is 0 Å². The molecular weight excluding hydrogens is 236 g/mol. The Morgan fingerprint density at radius 1 is 1.67 bits per heavy atom. The number of nitrogens with one attached hydrogen (secondary N) is 1. The molecule has 102 valence electrons. The van der Waals surface area contributed by atoms with Crippen molar-refractivity contribution in [2.75, 3.05) is 26.3 Å². The van der Waals surface area contributed by atoms with Crippen LogP contribution in [-0.2, 0) is 19.1 Å². The lowest BCUT2D eigenvalue weighted by Crippen LogP contribution is -2.51. The van der Waals surface area contributed by atoms with Crippen molar-refractivity contribution in [1.29, 1.82) is 0 Å². The minimum absolute atomic E-state index is 0.0846. The first-order valence-electron chi connectivity index (χ1n) is 5.89. The van der Waals surface area contributed by atoms with Crippen LogP contribution in [0.3, 0.4) is 0 Å². The molecule has 1 saturated heterocycles. The first kappa shape index (κ1) is 14.8. The van der Waals surface area contributed by atoms with E-state index >= 15 is 0 Å². The molecule has 0 radical (unpaired) electrons. The Balaban J connectivity index is 2.49. The third-order valence-corrected chi connectivity index (χ3v) is 2.63. The van der Waals surface area contributed by atoms with Gasteiger partial charge >= 0.3 is 5.97 Å². The van der Waals surface area contributed by atoms with Crippen molar-refractivity contribution >= 4 is 11.8 Å². The number of carbonyl (C=O) groups excluding carboxylic acids is 2. The molecule has 18 heavy (non-hydrogen) atoms. The molecule has 6 heteroatoms. The topological polar surface area (TPSA) is 90.7 Å². The summed E-state index contributed by atoms with van der Waals surface area (Å²) in [6.45, 7) is 6.67. The Kier molecular flexibility index (Phi) is 5.46. The Bertz CT molecular complexity index is 322. The van der Waals surface area contributed by atoms with E-state index in [4.69, 9.17) is 15.2 Å². The number of carbonyl (C=O) groups is 2. The summed E-state index contributed by atoms with van der Waals surface area (Å²) in [6, 6.07) is 0. The fourth-order valence-electron chi connectivity index (χ4n) is 1.62. The first-order valence-corrected chi connectivity index (χ1v) is 5.89. The lowest BCUT2D eigenvalue weighted by molar-refractivity contribution is -0.151. The molecule has 1 fully saturated rings. The van der Waals surface area contributed by atoms with Crippen LogP contribution in [0.2, 0.25) is 0 Å². The summed E-state index contributed by atoms with van der Waals surface area (Å²) in [7, 11) is 0. The minimum atomic E-state index is -1.33. The molecular formula is C12H20N2O4. The van der Waals surface area contributed by atoms with E-state index in [1.807, 2.05) is 0 Å². The third kappa shape index (κ3) is 4.21. The van der Waals surface area contributed by atoms with Crippen molar-refractivity contribution in [1.82, 2.24) is 5.32 Å². The van der Waals surface area contributed by atoms with Crippen molar-refractivity contribution in [3.05, 3.63) is 12.7 Å². The maximum absolute atomic E-state index is 11.9. The van der Waals surface area contributed by atoms with Gasteiger partial charge in [0.1, 0.15) is 18.2 Å². The quantitative estimate of drug-likeness (QED) is 0.486. The highest BCUT2D eigenvalue weighted by Gasteiger charge is 2.35. The Labute approximate surface area is 106 Å². The molecule has 1 rings (SSSR count). The number of ketones is 1. The zero-order valence-corrected chi connectivity index (χ0v) is 10.6. The van der Waals surface area contributed by atoms with Crippen LogP contribution < -0.4 is 11.1 Å². The highest BCUT2D eigenvalue weighted by Crippen LogP contribution is 2.12. The van der Waals surface area contributed by atoms with Gasteiger partial charge in [-0.1, -0.05) is 12.7 Å². The Morgan fingerprint density at radius 2 is 2.39 bits per heavy atom. The van der Waals surface area contributed by atoms with Crippen LogP contribution in [-0.4, -0.2) is 49.7 Å². The molecule has 0 aliphatic carbocycles. The van der Waals surface area contributed by atoms with Crippen LogP contribution >= 0.6 is 0 Å². The second-order valence-electron chi connectivity index (χ2n) is 4.51. The Hall–Kier alpha value is -1.24. The molecule has 2 unspecified atom stereocenters. The van der Waals surface area contributed by atoms with Gasteiger partial charge in [0, 0.05) is 19.5 Å². The lowest BCUT2D eigenvalue weighted by Gasteiger charge is -2.26. The number of hydrogen-bond acceptors (Lipinski definition) is 6. The zero-order valence-electron chi connectivity index (χ0n) is 10.6. The third-order valence-electron chi connectivity index (χ3n) is 2.63. The molecule has 0 spiro atoms. The van der Waals surface area contributed by atoms with Gasteiger partial charge in [-0.2, -0.15) is 0 Å². The molecule has 6 nitrogen and oxygen atoms in total. The summed E-state index contributed by atoms with van der Waals surface area (Å²) >= 11 is 0. The summed E-state index contributed by atoms with van der Waals surface area (Å²) in [4.78, 5) is 23.6. The number of nitrogens with two attached hydrogens (primary N) is 1. The standard InChI is InChI=1S/C12H20N2O4/c1-3-5-18-11(16)12(2,13)7-9(15)10-8-14-4-6-17-10/h3,10,14H,1,4-8,13H2,2H3. The van der Waals surface area contributed by atoms with Crippen molar-refractivity contribution in [2.24, 2.45) is 5.73 Å². The van der Waals surface area contributed by atoms with Gasteiger partial charge in [0.2, 0.25) is 0 Å². The first-order chi connectivity index (χ1) is 8.47. The second-order valence-corrected chi connectivity index (χ2v) is 4.51. The van der Waals surface area contributed by atoms with E-state index < -0.39 is 17.6 Å².